The van der Waals surface area contributed by atoms with Gasteiger partial charge in [0.15, 0.2) is 5.60 Å². The van der Waals surface area contributed by atoms with Gasteiger partial charge in [0.25, 0.3) is 0 Å². The summed E-state index contributed by atoms with van der Waals surface area (Å²) in [6.45, 7) is 2.97. The Bertz CT molecular complexity index is 213. The van der Waals surface area contributed by atoms with Crippen molar-refractivity contribution in [2.24, 2.45) is 5.92 Å². The molecule has 0 aliphatic rings. The van der Waals surface area contributed by atoms with E-state index >= 15 is 0 Å². The Morgan fingerprint density at radius 2 is 1.77 bits per heavy atom. The van der Waals surface area contributed by atoms with Crippen molar-refractivity contribution in [3.05, 3.63) is 0 Å². The fourth-order valence-corrected chi connectivity index (χ4v) is 1.26. The lowest BCUT2D eigenvalue weighted by Crippen LogP contribution is -2.48. The van der Waals surface area contributed by atoms with E-state index in [1.807, 2.05) is 0 Å². The van der Waals surface area contributed by atoms with Gasteiger partial charge in [0.05, 0.1) is 5.92 Å². The lowest BCUT2D eigenvalue weighted by Gasteiger charge is -2.27. The van der Waals surface area contributed by atoms with Crippen molar-refractivity contribution in [2.45, 2.75) is 32.3 Å². The molecule has 0 aromatic carbocycles. The lowest BCUT2D eigenvalue weighted by atomic mass is 9.83. The van der Waals surface area contributed by atoms with E-state index in [1.165, 1.54) is 13.8 Å². The van der Waals surface area contributed by atoms with Crippen molar-refractivity contribution >= 4 is 11.9 Å². The molecule has 5 heteroatoms. The molecule has 0 rings (SSSR count). The van der Waals surface area contributed by atoms with E-state index in [2.05, 4.69) is 0 Å². The van der Waals surface area contributed by atoms with Crippen LogP contribution in [0.15, 0.2) is 0 Å². The lowest BCUT2D eigenvalue weighted by molar-refractivity contribution is -0.175. The number of hydrogen-bond acceptors (Lipinski definition) is 3. The topological polar surface area (TPSA) is 94.8 Å². The summed E-state index contributed by atoms with van der Waals surface area (Å²) < 4.78 is 0. The Morgan fingerprint density at radius 3 is 1.85 bits per heavy atom. The minimum Gasteiger partial charge on any atom is -0.481 e. The molecule has 0 heterocycles. The molecule has 0 radical (unpaired) electrons. The largest absolute Gasteiger partial charge is 0.481 e. The van der Waals surface area contributed by atoms with Crippen LogP contribution in [0.25, 0.3) is 0 Å². The minimum absolute atomic E-state index is 0.0893. The van der Waals surface area contributed by atoms with Crippen molar-refractivity contribution in [2.75, 3.05) is 0 Å². The SMILES string of the molecule is CCC(C(=O)O)C(O)(CC)C(=O)O. The predicted octanol–water partition coefficient (Wildman–Crippen LogP) is 0.323. The number of carboxylic acids is 2. The van der Waals surface area contributed by atoms with Crippen LogP contribution in [0.4, 0.5) is 0 Å². The maximum atomic E-state index is 10.6. The average molecular weight is 190 g/mol. The van der Waals surface area contributed by atoms with Gasteiger partial charge in [-0.2, -0.15) is 0 Å². The number of aliphatic hydroxyl groups is 1. The van der Waals surface area contributed by atoms with E-state index in [-0.39, 0.29) is 12.8 Å². The molecule has 0 aliphatic heterocycles. The third-order valence-electron chi connectivity index (χ3n) is 2.19. The smallest absolute Gasteiger partial charge is 0.336 e. The molecule has 0 saturated heterocycles. The maximum absolute atomic E-state index is 10.6. The van der Waals surface area contributed by atoms with Crippen LogP contribution in [-0.2, 0) is 9.59 Å². The van der Waals surface area contributed by atoms with Gasteiger partial charge in [-0.1, -0.05) is 13.8 Å². The van der Waals surface area contributed by atoms with E-state index < -0.39 is 23.5 Å². The van der Waals surface area contributed by atoms with Gasteiger partial charge in [0.2, 0.25) is 0 Å². The predicted molar refractivity (Wildman–Crippen MR) is 44.3 cm³/mol. The van der Waals surface area contributed by atoms with Gasteiger partial charge in [-0.05, 0) is 12.8 Å². The summed E-state index contributed by atoms with van der Waals surface area (Å²) in [4.78, 5) is 21.3. The Morgan fingerprint density at radius 1 is 1.31 bits per heavy atom. The molecule has 76 valence electrons. The molecule has 0 bridgehead atoms. The third-order valence-corrected chi connectivity index (χ3v) is 2.19. The van der Waals surface area contributed by atoms with Crippen molar-refractivity contribution < 1.29 is 24.9 Å². The van der Waals surface area contributed by atoms with Crippen LogP contribution in [0.3, 0.4) is 0 Å². The molecule has 0 fully saturated rings. The molecule has 3 N–H and O–H groups in total. The molecule has 0 saturated carbocycles. The number of rotatable bonds is 5. The van der Waals surface area contributed by atoms with Crippen LogP contribution in [0.2, 0.25) is 0 Å². The molecule has 2 unspecified atom stereocenters. The summed E-state index contributed by atoms with van der Waals surface area (Å²) >= 11 is 0. The first-order chi connectivity index (χ1) is 5.90. The fraction of sp³-hybridized carbons (Fsp3) is 0.750. The second-order valence-electron chi connectivity index (χ2n) is 2.88. The number of aliphatic carboxylic acids is 2. The van der Waals surface area contributed by atoms with Crippen LogP contribution in [-0.4, -0.2) is 32.9 Å². The minimum atomic E-state index is -2.15. The molecule has 0 aromatic heterocycles. The van der Waals surface area contributed by atoms with E-state index in [0.29, 0.717) is 0 Å². The third kappa shape index (κ3) is 2.18. The van der Waals surface area contributed by atoms with Gasteiger partial charge < -0.3 is 15.3 Å². The van der Waals surface area contributed by atoms with Crippen molar-refractivity contribution in [3.8, 4) is 0 Å². The highest BCUT2D eigenvalue weighted by Gasteiger charge is 2.45. The molecular weight excluding hydrogens is 176 g/mol. The van der Waals surface area contributed by atoms with Gasteiger partial charge in [0.1, 0.15) is 0 Å². The normalized spacial score (nSPS) is 17.5. The highest BCUT2D eigenvalue weighted by molar-refractivity contribution is 5.85. The first-order valence-electron chi connectivity index (χ1n) is 4.08. The zero-order valence-electron chi connectivity index (χ0n) is 7.65. The highest BCUT2D eigenvalue weighted by Crippen LogP contribution is 2.25. The van der Waals surface area contributed by atoms with Crippen LogP contribution in [0.5, 0.6) is 0 Å². The molecular formula is C8H14O5. The molecule has 0 spiro atoms. The van der Waals surface area contributed by atoms with E-state index in [9.17, 15) is 14.7 Å². The summed E-state index contributed by atoms with van der Waals surface area (Å²) in [5.41, 5.74) is -2.15. The standard InChI is InChI=1S/C8H14O5/c1-3-5(6(9)10)8(13,4-2)7(11)12/h5,13H,3-4H2,1-2H3,(H,9,10)(H,11,12). The van der Waals surface area contributed by atoms with Gasteiger partial charge in [-0.3, -0.25) is 4.79 Å². The highest BCUT2D eigenvalue weighted by atomic mass is 16.4. The zero-order valence-corrected chi connectivity index (χ0v) is 7.65. The zero-order chi connectivity index (χ0) is 10.6. The fourth-order valence-electron chi connectivity index (χ4n) is 1.26. The van der Waals surface area contributed by atoms with Crippen LogP contribution >= 0.6 is 0 Å². The molecule has 5 nitrogen and oxygen atoms in total. The maximum Gasteiger partial charge on any atom is 0.336 e. The van der Waals surface area contributed by atoms with E-state index in [4.69, 9.17) is 10.2 Å². The van der Waals surface area contributed by atoms with Crippen LogP contribution in [0, 0.1) is 5.92 Å². The first-order valence-corrected chi connectivity index (χ1v) is 4.08. The summed E-state index contributed by atoms with van der Waals surface area (Å²) in [6, 6.07) is 0. The molecule has 0 aliphatic carbocycles. The van der Waals surface area contributed by atoms with Crippen molar-refractivity contribution in [1.29, 1.82) is 0 Å². The Labute approximate surface area is 76.0 Å². The van der Waals surface area contributed by atoms with Crippen molar-refractivity contribution in [3.63, 3.8) is 0 Å². The van der Waals surface area contributed by atoms with Gasteiger partial charge in [-0.15, -0.1) is 0 Å². The summed E-state index contributed by atoms with van der Waals surface area (Å²) in [5, 5.41) is 26.9. The summed E-state index contributed by atoms with van der Waals surface area (Å²) in [6.07, 6.45) is -0.0287. The number of carbonyl (C=O) groups is 2. The van der Waals surface area contributed by atoms with Gasteiger partial charge in [0, 0.05) is 0 Å². The van der Waals surface area contributed by atoms with E-state index in [0.717, 1.165) is 0 Å². The first kappa shape index (κ1) is 11.9. The van der Waals surface area contributed by atoms with Crippen LogP contribution < -0.4 is 0 Å². The monoisotopic (exact) mass is 190 g/mol. The summed E-state index contributed by atoms with van der Waals surface area (Å²) in [7, 11) is 0. The Kier molecular flexibility index (Phi) is 3.87. The van der Waals surface area contributed by atoms with Gasteiger partial charge in [-0.25, -0.2) is 4.79 Å². The molecule has 0 aromatic rings. The Balaban J connectivity index is 4.91. The van der Waals surface area contributed by atoms with Crippen LogP contribution in [0.1, 0.15) is 26.7 Å². The molecule has 13 heavy (non-hydrogen) atoms. The number of carboxylic acid groups (broad SMARTS) is 2. The number of hydrogen-bond donors (Lipinski definition) is 3. The Hall–Kier alpha value is -1.10. The van der Waals surface area contributed by atoms with Gasteiger partial charge >= 0.3 is 11.9 Å². The van der Waals surface area contributed by atoms with Crippen molar-refractivity contribution in [1.82, 2.24) is 0 Å². The summed E-state index contributed by atoms with van der Waals surface area (Å²) in [5.74, 6) is -4.02. The second-order valence-corrected chi connectivity index (χ2v) is 2.88. The second kappa shape index (κ2) is 4.23. The molecule has 0 amide bonds. The molecule has 2 atom stereocenters. The average Bonchev–Trinajstić information content (AvgIpc) is 2.04. The quantitative estimate of drug-likeness (QED) is 0.580. The van der Waals surface area contributed by atoms with E-state index in [1.54, 1.807) is 0 Å².